The van der Waals surface area contributed by atoms with Crippen molar-refractivity contribution in [3.63, 3.8) is 0 Å². The van der Waals surface area contributed by atoms with Crippen LogP contribution in [0, 0.1) is 18.8 Å². The number of nitrogens with two attached hydrogens (primary N) is 1. The third kappa shape index (κ3) is 2.26. The highest BCUT2D eigenvalue weighted by Crippen LogP contribution is 2.53. The van der Waals surface area contributed by atoms with Gasteiger partial charge in [-0.25, -0.2) is 0 Å². The summed E-state index contributed by atoms with van der Waals surface area (Å²) >= 11 is 0. The summed E-state index contributed by atoms with van der Waals surface area (Å²) < 4.78 is 0. The summed E-state index contributed by atoms with van der Waals surface area (Å²) in [6, 6.07) is 8.89. The number of rotatable bonds is 3. The first-order chi connectivity index (χ1) is 8.17. The first-order valence-electron chi connectivity index (χ1n) is 7.02. The highest BCUT2D eigenvalue weighted by atomic mass is 14.9. The van der Waals surface area contributed by atoms with Gasteiger partial charge < -0.3 is 5.73 Å². The molecule has 1 heteroatoms. The zero-order valence-electron chi connectivity index (χ0n) is 10.8. The normalized spacial score (nSPS) is 32.9. The number of aryl methyl sites for hydroxylation is 1. The van der Waals surface area contributed by atoms with Gasteiger partial charge in [0.25, 0.3) is 0 Å². The number of benzene rings is 1. The van der Waals surface area contributed by atoms with E-state index < -0.39 is 0 Å². The molecule has 2 fully saturated rings. The van der Waals surface area contributed by atoms with E-state index in [2.05, 4.69) is 31.2 Å². The molecule has 2 atom stereocenters. The van der Waals surface area contributed by atoms with Crippen molar-refractivity contribution in [3.8, 4) is 0 Å². The Morgan fingerprint density at radius 3 is 2.47 bits per heavy atom. The van der Waals surface area contributed by atoms with Gasteiger partial charge in [-0.1, -0.05) is 55.5 Å². The standard InChI is InChI=1S/C16H23N/c1-12-6-8-13(9-7-12)10-16(17)11-15(16)14-4-2-3-5-14/h6-9,14-15H,2-5,10-11,17H2,1H3. The van der Waals surface area contributed by atoms with Crippen LogP contribution in [-0.4, -0.2) is 5.54 Å². The maximum absolute atomic E-state index is 6.54. The summed E-state index contributed by atoms with van der Waals surface area (Å²) in [6.45, 7) is 2.14. The topological polar surface area (TPSA) is 26.0 Å². The number of hydrogen-bond donors (Lipinski definition) is 1. The molecule has 0 heterocycles. The number of hydrogen-bond acceptors (Lipinski definition) is 1. The molecule has 1 aromatic rings. The summed E-state index contributed by atoms with van der Waals surface area (Å²) in [6.07, 6.45) is 8.05. The minimum Gasteiger partial charge on any atom is -0.325 e. The van der Waals surface area contributed by atoms with Gasteiger partial charge in [-0.05, 0) is 37.2 Å². The van der Waals surface area contributed by atoms with Crippen LogP contribution in [0.3, 0.4) is 0 Å². The van der Waals surface area contributed by atoms with Crippen molar-refractivity contribution < 1.29 is 0 Å². The predicted octanol–water partition coefficient (Wildman–Crippen LogP) is 3.45. The summed E-state index contributed by atoms with van der Waals surface area (Å²) in [7, 11) is 0. The van der Waals surface area contributed by atoms with Crippen LogP contribution in [0.25, 0.3) is 0 Å². The highest BCUT2D eigenvalue weighted by molar-refractivity contribution is 5.26. The lowest BCUT2D eigenvalue weighted by molar-refractivity contribution is 0.421. The molecule has 0 radical (unpaired) electrons. The molecular weight excluding hydrogens is 206 g/mol. The second-order valence-electron chi connectivity index (χ2n) is 6.25. The fourth-order valence-electron chi connectivity index (χ4n) is 3.64. The van der Waals surface area contributed by atoms with Gasteiger partial charge in [-0.15, -0.1) is 0 Å². The maximum atomic E-state index is 6.54. The second-order valence-corrected chi connectivity index (χ2v) is 6.25. The minimum atomic E-state index is 0.129. The smallest absolute Gasteiger partial charge is 0.0230 e. The lowest BCUT2D eigenvalue weighted by Gasteiger charge is -2.15. The van der Waals surface area contributed by atoms with Crippen molar-refractivity contribution in [1.29, 1.82) is 0 Å². The third-order valence-electron chi connectivity index (χ3n) is 4.80. The quantitative estimate of drug-likeness (QED) is 0.844. The van der Waals surface area contributed by atoms with Gasteiger partial charge in [-0.2, -0.15) is 0 Å². The zero-order chi connectivity index (χ0) is 11.9. The third-order valence-corrected chi connectivity index (χ3v) is 4.80. The van der Waals surface area contributed by atoms with E-state index in [4.69, 9.17) is 5.73 Å². The van der Waals surface area contributed by atoms with Crippen LogP contribution < -0.4 is 5.73 Å². The molecule has 0 aromatic heterocycles. The largest absolute Gasteiger partial charge is 0.325 e. The molecule has 3 rings (SSSR count). The molecule has 17 heavy (non-hydrogen) atoms. The molecule has 2 saturated carbocycles. The average Bonchev–Trinajstić information content (AvgIpc) is 2.79. The molecule has 0 saturated heterocycles. The Morgan fingerprint density at radius 1 is 1.18 bits per heavy atom. The first kappa shape index (κ1) is 11.3. The molecule has 2 aliphatic rings. The maximum Gasteiger partial charge on any atom is 0.0230 e. The lowest BCUT2D eigenvalue weighted by Crippen LogP contribution is -2.29. The van der Waals surface area contributed by atoms with Crippen molar-refractivity contribution in [1.82, 2.24) is 0 Å². The molecule has 0 bridgehead atoms. The van der Waals surface area contributed by atoms with Crippen molar-refractivity contribution in [3.05, 3.63) is 35.4 Å². The van der Waals surface area contributed by atoms with Crippen LogP contribution in [0.4, 0.5) is 0 Å². The van der Waals surface area contributed by atoms with E-state index in [0.29, 0.717) is 0 Å². The fraction of sp³-hybridized carbons (Fsp3) is 0.625. The average molecular weight is 229 g/mol. The van der Waals surface area contributed by atoms with Crippen molar-refractivity contribution in [2.45, 2.75) is 51.0 Å². The van der Waals surface area contributed by atoms with Crippen LogP contribution in [0.5, 0.6) is 0 Å². The Labute approximate surface area is 104 Å². The van der Waals surface area contributed by atoms with E-state index in [0.717, 1.165) is 18.3 Å². The van der Waals surface area contributed by atoms with Gasteiger partial charge >= 0.3 is 0 Å². The SMILES string of the molecule is Cc1ccc(CC2(N)CC2C2CCCC2)cc1. The second kappa shape index (κ2) is 4.13. The van der Waals surface area contributed by atoms with Crippen LogP contribution in [-0.2, 0) is 6.42 Å². The van der Waals surface area contributed by atoms with Crippen LogP contribution >= 0.6 is 0 Å². The summed E-state index contributed by atoms with van der Waals surface area (Å²) in [5, 5.41) is 0. The van der Waals surface area contributed by atoms with Crippen molar-refractivity contribution in [2.75, 3.05) is 0 Å². The molecule has 1 aromatic carbocycles. The summed E-state index contributed by atoms with van der Waals surface area (Å²) in [4.78, 5) is 0. The predicted molar refractivity (Wildman–Crippen MR) is 71.9 cm³/mol. The Balaban J connectivity index is 1.64. The van der Waals surface area contributed by atoms with Gasteiger partial charge in [0.15, 0.2) is 0 Å². The Bertz CT molecular complexity index is 388. The van der Waals surface area contributed by atoms with Gasteiger partial charge in [-0.3, -0.25) is 0 Å². The Hall–Kier alpha value is -0.820. The molecule has 92 valence electrons. The van der Waals surface area contributed by atoms with Crippen LogP contribution in [0.1, 0.15) is 43.2 Å². The minimum absolute atomic E-state index is 0.129. The van der Waals surface area contributed by atoms with E-state index in [1.165, 1.54) is 43.2 Å². The highest BCUT2D eigenvalue weighted by Gasteiger charge is 2.54. The lowest BCUT2D eigenvalue weighted by atomic mass is 9.94. The molecule has 1 nitrogen and oxygen atoms in total. The monoisotopic (exact) mass is 229 g/mol. The summed E-state index contributed by atoms with van der Waals surface area (Å²) in [5.41, 5.74) is 9.42. The van der Waals surface area contributed by atoms with E-state index >= 15 is 0 Å². The fourth-order valence-corrected chi connectivity index (χ4v) is 3.64. The first-order valence-corrected chi connectivity index (χ1v) is 7.02. The van der Waals surface area contributed by atoms with Crippen molar-refractivity contribution >= 4 is 0 Å². The van der Waals surface area contributed by atoms with E-state index in [-0.39, 0.29) is 5.54 Å². The van der Waals surface area contributed by atoms with E-state index in [1.807, 2.05) is 0 Å². The van der Waals surface area contributed by atoms with Gasteiger partial charge in [0.2, 0.25) is 0 Å². The molecule has 2 unspecified atom stereocenters. The molecular formula is C16H23N. The Kier molecular flexibility index (Phi) is 2.74. The van der Waals surface area contributed by atoms with Gasteiger partial charge in [0.05, 0.1) is 0 Å². The molecule has 2 N–H and O–H groups in total. The van der Waals surface area contributed by atoms with Crippen LogP contribution in [0.2, 0.25) is 0 Å². The summed E-state index contributed by atoms with van der Waals surface area (Å²) in [5.74, 6) is 1.75. The molecule has 0 spiro atoms. The zero-order valence-corrected chi connectivity index (χ0v) is 10.8. The van der Waals surface area contributed by atoms with Crippen LogP contribution in [0.15, 0.2) is 24.3 Å². The molecule has 0 aliphatic heterocycles. The molecule has 0 amide bonds. The van der Waals surface area contributed by atoms with Gasteiger partial charge in [0, 0.05) is 5.54 Å². The molecule has 2 aliphatic carbocycles. The van der Waals surface area contributed by atoms with E-state index in [1.54, 1.807) is 0 Å². The van der Waals surface area contributed by atoms with E-state index in [9.17, 15) is 0 Å². The van der Waals surface area contributed by atoms with Gasteiger partial charge in [0.1, 0.15) is 0 Å². The Morgan fingerprint density at radius 2 is 1.82 bits per heavy atom. The van der Waals surface area contributed by atoms with Crippen molar-refractivity contribution in [2.24, 2.45) is 17.6 Å².